The van der Waals surface area contributed by atoms with Gasteiger partial charge in [-0.3, -0.25) is 18.6 Å². The lowest BCUT2D eigenvalue weighted by molar-refractivity contribution is -0.121. The van der Waals surface area contributed by atoms with Gasteiger partial charge in [0.2, 0.25) is 11.6 Å². The molecule has 32 heavy (non-hydrogen) atoms. The molecule has 2 heterocycles. The number of hydrogen-bond acceptors (Lipinski definition) is 4. The molecular formula is C24H24FN5O2. The number of halogens is 1. The number of benzene rings is 2. The Bertz CT molecular complexity index is 1280. The van der Waals surface area contributed by atoms with Crippen molar-refractivity contribution < 1.29 is 9.18 Å². The third-order valence-corrected chi connectivity index (χ3v) is 5.27. The van der Waals surface area contributed by atoms with Gasteiger partial charge in [-0.25, -0.2) is 4.39 Å². The monoisotopic (exact) mass is 433 g/mol. The van der Waals surface area contributed by atoms with Crippen molar-refractivity contribution in [3.63, 3.8) is 0 Å². The molecule has 0 aliphatic carbocycles. The van der Waals surface area contributed by atoms with Gasteiger partial charge in [0.1, 0.15) is 11.6 Å². The molecule has 1 amide bonds. The van der Waals surface area contributed by atoms with E-state index in [2.05, 4.69) is 15.5 Å². The Hall–Kier alpha value is -3.81. The summed E-state index contributed by atoms with van der Waals surface area (Å²) in [7, 11) is 0. The van der Waals surface area contributed by atoms with Crippen LogP contribution in [0.2, 0.25) is 0 Å². The van der Waals surface area contributed by atoms with Gasteiger partial charge in [-0.05, 0) is 36.1 Å². The van der Waals surface area contributed by atoms with Crippen LogP contribution in [0.4, 0.5) is 4.39 Å². The summed E-state index contributed by atoms with van der Waals surface area (Å²) in [6.45, 7) is 2.55. The Morgan fingerprint density at radius 3 is 2.69 bits per heavy atom. The summed E-state index contributed by atoms with van der Waals surface area (Å²) in [5.74, 6) is 0.181. The summed E-state index contributed by atoms with van der Waals surface area (Å²) < 4.78 is 16.5. The Morgan fingerprint density at radius 2 is 1.91 bits per heavy atom. The van der Waals surface area contributed by atoms with Crippen molar-refractivity contribution in [2.75, 3.05) is 6.54 Å². The SMILES string of the molecule is C[C@H](CC(=O)NCCc1ccccc1)Cc1nnc2c(=O)n(-c3cccc(F)c3)ccn12. The second-order valence-electron chi connectivity index (χ2n) is 7.86. The van der Waals surface area contributed by atoms with Gasteiger partial charge in [0, 0.05) is 31.8 Å². The average Bonchev–Trinajstić information content (AvgIpc) is 3.18. The lowest BCUT2D eigenvalue weighted by Crippen LogP contribution is -2.27. The van der Waals surface area contributed by atoms with Crippen molar-refractivity contribution in [3.05, 3.63) is 94.5 Å². The van der Waals surface area contributed by atoms with Crippen LogP contribution in [0.1, 0.15) is 24.7 Å². The molecule has 2 aromatic carbocycles. The molecular weight excluding hydrogens is 409 g/mol. The summed E-state index contributed by atoms with van der Waals surface area (Å²) in [5.41, 5.74) is 1.37. The van der Waals surface area contributed by atoms with Crippen LogP contribution in [0.15, 0.2) is 71.8 Å². The van der Waals surface area contributed by atoms with E-state index >= 15 is 0 Å². The maximum absolute atomic E-state index is 13.5. The molecule has 7 nitrogen and oxygen atoms in total. The van der Waals surface area contributed by atoms with E-state index in [1.807, 2.05) is 37.3 Å². The molecule has 1 N–H and O–H groups in total. The first-order valence-electron chi connectivity index (χ1n) is 10.5. The third-order valence-electron chi connectivity index (χ3n) is 5.27. The number of nitrogens with one attached hydrogen (secondary N) is 1. The van der Waals surface area contributed by atoms with E-state index in [4.69, 9.17) is 0 Å². The van der Waals surface area contributed by atoms with Crippen molar-refractivity contribution in [2.24, 2.45) is 5.92 Å². The molecule has 0 saturated heterocycles. The lowest BCUT2D eigenvalue weighted by Gasteiger charge is -2.11. The summed E-state index contributed by atoms with van der Waals surface area (Å²) in [5, 5.41) is 11.1. The summed E-state index contributed by atoms with van der Waals surface area (Å²) >= 11 is 0. The zero-order valence-electron chi connectivity index (χ0n) is 17.7. The number of amides is 1. The number of carbonyl (C=O) groups excluding carboxylic acids is 1. The predicted octanol–water partition coefficient (Wildman–Crippen LogP) is 2.95. The first-order valence-corrected chi connectivity index (χ1v) is 10.5. The number of carbonyl (C=O) groups is 1. The van der Waals surface area contributed by atoms with Crippen LogP contribution in [0.5, 0.6) is 0 Å². The molecule has 0 unspecified atom stereocenters. The van der Waals surface area contributed by atoms with E-state index < -0.39 is 5.82 Å². The molecule has 0 spiro atoms. The maximum Gasteiger partial charge on any atom is 0.300 e. The molecule has 2 aromatic heterocycles. The molecule has 4 rings (SSSR count). The number of aromatic nitrogens is 4. The summed E-state index contributed by atoms with van der Waals surface area (Å²) in [6, 6.07) is 15.8. The fraction of sp³-hybridized carbons (Fsp3) is 0.250. The van der Waals surface area contributed by atoms with Gasteiger partial charge in [-0.15, -0.1) is 10.2 Å². The minimum Gasteiger partial charge on any atom is -0.356 e. The largest absolute Gasteiger partial charge is 0.356 e. The van der Waals surface area contributed by atoms with Crippen molar-refractivity contribution in [1.29, 1.82) is 0 Å². The van der Waals surface area contributed by atoms with E-state index in [1.54, 1.807) is 28.9 Å². The lowest BCUT2D eigenvalue weighted by atomic mass is 10.0. The third kappa shape index (κ3) is 4.91. The van der Waals surface area contributed by atoms with Crippen LogP contribution in [0.25, 0.3) is 11.3 Å². The highest BCUT2D eigenvalue weighted by Gasteiger charge is 2.16. The minimum absolute atomic E-state index is 0.0179. The number of fused-ring (bicyclic) bond motifs is 1. The summed E-state index contributed by atoms with van der Waals surface area (Å²) in [4.78, 5) is 25.1. The Morgan fingerprint density at radius 1 is 1.09 bits per heavy atom. The molecule has 4 aromatic rings. The molecule has 0 saturated carbocycles. The van der Waals surface area contributed by atoms with Crippen molar-refractivity contribution in [3.8, 4) is 5.69 Å². The van der Waals surface area contributed by atoms with Gasteiger partial charge < -0.3 is 5.32 Å². The van der Waals surface area contributed by atoms with E-state index in [0.29, 0.717) is 30.9 Å². The fourth-order valence-electron chi connectivity index (χ4n) is 3.67. The van der Waals surface area contributed by atoms with E-state index in [9.17, 15) is 14.0 Å². The molecule has 8 heteroatoms. The van der Waals surface area contributed by atoms with E-state index in [-0.39, 0.29) is 23.0 Å². The molecule has 0 fully saturated rings. The van der Waals surface area contributed by atoms with Crippen molar-refractivity contribution in [1.82, 2.24) is 24.5 Å². The number of rotatable bonds is 8. The molecule has 0 radical (unpaired) electrons. The normalized spacial score (nSPS) is 12.1. The van der Waals surface area contributed by atoms with Crippen LogP contribution in [0.3, 0.4) is 0 Å². The standard InChI is InChI=1S/C24H24FN5O2/c1-17(15-22(31)26-11-10-18-6-3-2-4-7-18)14-21-27-28-23-24(32)29(12-13-30(21)23)20-9-5-8-19(25)16-20/h2-9,12-13,16-17H,10-11,14-15H2,1H3,(H,26,31)/t17-/m0/s1. The van der Waals surface area contributed by atoms with Crippen LogP contribution in [0, 0.1) is 11.7 Å². The van der Waals surface area contributed by atoms with Crippen LogP contribution in [-0.4, -0.2) is 31.6 Å². The smallest absolute Gasteiger partial charge is 0.300 e. The highest BCUT2D eigenvalue weighted by molar-refractivity contribution is 5.76. The van der Waals surface area contributed by atoms with Crippen LogP contribution in [-0.2, 0) is 17.6 Å². The molecule has 164 valence electrons. The first-order chi connectivity index (χ1) is 15.5. The maximum atomic E-state index is 13.5. The molecule has 0 bridgehead atoms. The van der Waals surface area contributed by atoms with E-state index in [1.165, 1.54) is 22.3 Å². The minimum atomic E-state index is -0.424. The molecule has 0 aliphatic rings. The summed E-state index contributed by atoms with van der Waals surface area (Å²) in [6.07, 6.45) is 4.88. The zero-order chi connectivity index (χ0) is 22.5. The highest BCUT2D eigenvalue weighted by Crippen LogP contribution is 2.12. The van der Waals surface area contributed by atoms with Crippen LogP contribution >= 0.6 is 0 Å². The van der Waals surface area contributed by atoms with Gasteiger partial charge in [0.25, 0.3) is 0 Å². The quantitative estimate of drug-likeness (QED) is 0.463. The Labute approximate surface area is 184 Å². The molecule has 1 atom stereocenters. The number of nitrogens with zero attached hydrogens (tertiary/aromatic N) is 4. The average molecular weight is 433 g/mol. The predicted molar refractivity (Wildman–Crippen MR) is 119 cm³/mol. The zero-order valence-corrected chi connectivity index (χ0v) is 17.7. The topological polar surface area (TPSA) is 81.3 Å². The Balaban J connectivity index is 1.39. The highest BCUT2D eigenvalue weighted by atomic mass is 19.1. The molecule has 0 aliphatic heterocycles. The van der Waals surface area contributed by atoms with Gasteiger partial charge in [0.15, 0.2) is 0 Å². The Kier molecular flexibility index (Phi) is 6.39. The van der Waals surface area contributed by atoms with Crippen molar-refractivity contribution in [2.45, 2.75) is 26.2 Å². The second kappa shape index (κ2) is 9.55. The second-order valence-corrected chi connectivity index (χ2v) is 7.86. The fourth-order valence-corrected chi connectivity index (χ4v) is 3.67. The van der Waals surface area contributed by atoms with E-state index in [0.717, 1.165) is 6.42 Å². The first kappa shape index (κ1) is 21.4. The van der Waals surface area contributed by atoms with Crippen molar-refractivity contribution >= 4 is 11.6 Å². The number of hydrogen-bond donors (Lipinski definition) is 1. The van der Waals surface area contributed by atoms with Gasteiger partial charge >= 0.3 is 5.56 Å². The van der Waals surface area contributed by atoms with Crippen LogP contribution < -0.4 is 10.9 Å². The van der Waals surface area contributed by atoms with Gasteiger partial charge in [-0.2, -0.15) is 0 Å². The van der Waals surface area contributed by atoms with Gasteiger partial charge in [0.05, 0.1) is 5.69 Å². The van der Waals surface area contributed by atoms with Gasteiger partial charge in [-0.1, -0.05) is 43.3 Å².